The van der Waals surface area contributed by atoms with Crippen molar-refractivity contribution in [1.29, 1.82) is 0 Å². The smallest absolute Gasteiger partial charge is 0.0678 e. The van der Waals surface area contributed by atoms with Gasteiger partial charge in [0.2, 0.25) is 0 Å². The Labute approximate surface area is 142 Å². The number of morpholine rings is 1. The van der Waals surface area contributed by atoms with Crippen LogP contribution in [0.1, 0.15) is 40.0 Å². The van der Waals surface area contributed by atoms with Gasteiger partial charge in [0.25, 0.3) is 0 Å². The minimum atomic E-state index is 0. The highest BCUT2D eigenvalue weighted by Crippen LogP contribution is 2.30. The van der Waals surface area contributed by atoms with Crippen molar-refractivity contribution < 1.29 is 4.74 Å². The zero-order valence-electron chi connectivity index (χ0n) is 14.5. The first-order valence-corrected chi connectivity index (χ1v) is 8.87. The summed E-state index contributed by atoms with van der Waals surface area (Å²) in [6.45, 7) is 15.3. The molecular formula is C17H34ClN3O. The number of likely N-dealkylation sites (tertiary alicyclic amines) is 1. The van der Waals surface area contributed by atoms with Gasteiger partial charge >= 0.3 is 0 Å². The summed E-state index contributed by atoms with van der Waals surface area (Å²) in [4.78, 5) is 5.41. The Bertz CT molecular complexity index is 339. The van der Waals surface area contributed by atoms with Crippen LogP contribution in [0.4, 0.5) is 0 Å². The van der Waals surface area contributed by atoms with E-state index in [1.807, 2.05) is 0 Å². The first kappa shape index (κ1) is 18.5. The normalized spacial score (nSPS) is 40.8. The van der Waals surface area contributed by atoms with Crippen LogP contribution in [-0.2, 0) is 4.74 Å². The van der Waals surface area contributed by atoms with E-state index in [4.69, 9.17) is 4.74 Å². The van der Waals surface area contributed by atoms with E-state index in [0.717, 1.165) is 19.1 Å². The van der Waals surface area contributed by atoms with Crippen molar-refractivity contribution in [3.05, 3.63) is 0 Å². The number of halogens is 1. The van der Waals surface area contributed by atoms with E-state index in [1.54, 1.807) is 0 Å². The lowest BCUT2D eigenvalue weighted by Gasteiger charge is -2.39. The molecule has 0 aromatic rings. The van der Waals surface area contributed by atoms with Gasteiger partial charge in [-0.2, -0.15) is 0 Å². The molecule has 0 spiro atoms. The van der Waals surface area contributed by atoms with E-state index < -0.39 is 0 Å². The minimum absolute atomic E-state index is 0. The molecule has 3 fully saturated rings. The van der Waals surface area contributed by atoms with Gasteiger partial charge < -0.3 is 10.1 Å². The molecule has 22 heavy (non-hydrogen) atoms. The fourth-order valence-electron chi connectivity index (χ4n) is 4.54. The second kappa shape index (κ2) is 7.80. The van der Waals surface area contributed by atoms with Crippen LogP contribution in [0.5, 0.6) is 0 Å². The standard InChI is InChI=1S/C17H33N3O.ClH/c1-14-9-19(10-15(2)21-14)11-16-5-4-8-20(16)13-17(3)6-7-18-12-17;/h14-16,18H,4-13H2,1-3H3;1H. The summed E-state index contributed by atoms with van der Waals surface area (Å²) in [5, 5.41) is 3.54. The molecular weight excluding hydrogens is 298 g/mol. The molecule has 3 saturated heterocycles. The van der Waals surface area contributed by atoms with Gasteiger partial charge in [0.05, 0.1) is 12.2 Å². The molecule has 5 heteroatoms. The molecule has 3 aliphatic rings. The van der Waals surface area contributed by atoms with Crippen molar-refractivity contribution in [3.8, 4) is 0 Å². The van der Waals surface area contributed by atoms with Gasteiger partial charge in [-0.25, -0.2) is 0 Å². The fourth-order valence-corrected chi connectivity index (χ4v) is 4.54. The summed E-state index contributed by atoms with van der Waals surface area (Å²) in [5.41, 5.74) is 0.494. The van der Waals surface area contributed by atoms with Gasteiger partial charge in [0, 0.05) is 38.8 Å². The minimum Gasteiger partial charge on any atom is -0.373 e. The zero-order chi connectivity index (χ0) is 14.9. The Balaban J connectivity index is 0.00000176. The average molecular weight is 332 g/mol. The summed E-state index contributed by atoms with van der Waals surface area (Å²) in [5.74, 6) is 0. The van der Waals surface area contributed by atoms with Crippen LogP contribution in [0.25, 0.3) is 0 Å². The van der Waals surface area contributed by atoms with Crippen LogP contribution in [0.3, 0.4) is 0 Å². The van der Waals surface area contributed by atoms with Crippen molar-refractivity contribution in [2.24, 2.45) is 5.41 Å². The van der Waals surface area contributed by atoms with Crippen LogP contribution in [-0.4, -0.2) is 73.9 Å². The molecule has 0 aliphatic carbocycles. The van der Waals surface area contributed by atoms with Gasteiger partial charge in [-0.1, -0.05) is 6.92 Å². The maximum absolute atomic E-state index is 5.87. The second-order valence-electron chi connectivity index (χ2n) is 7.98. The van der Waals surface area contributed by atoms with Crippen LogP contribution in [0, 0.1) is 5.41 Å². The van der Waals surface area contributed by atoms with E-state index in [1.165, 1.54) is 52.0 Å². The van der Waals surface area contributed by atoms with E-state index in [0.29, 0.717) is 17.6 Å². The lowest BCUT2D eigenvalue weighted by Crippen LogP contribution is -2.51. The molecule has 0 radical (unpaired) electrons. The van der Waals surface area contributed by atoms with Crippen LogP contribution in [0.2, 0.25) is 0 Å². The Morgan fingerprint density at radius 1 is 1.23 bits per heavy atom. The van der Waals surface area contributed by atoms with Gasteiger partial charge in [0.15, 0.2) is 0 Å². The molecule has 130 valence electrons. The van der Waals surface area contributed by atoms with E-state index in [2.05, 4.69) is 35.9 Å². The molecule has 4 nitrogen and oxygen atoms in total. The number of hydrogen-bond donors (Lipinski definition) is 1. The van der Waals surface area contributed by atoms with Gasteiger partial charge in [0.1, 0.15) is 0 Å². The Hall–Kier alpha value is 0.130. The molecule has 3 rings (SSSR count). The lowest BCUT2D eigenvalue weighted by molar-refractivity contribution is -0.0728. The fraction of sp³-hybridized carbons (Fsp3) is 1.00. The summed E-state index contributed by atoms with van der Waals surface area (Å²) >= 11 is 0. The van der Waals surface area contributed by atoms with Crippen LogP contribution >= 0.6 is 12.4 Å². The molecule has 4 atom stereocenters. The molecule has 0 aromatic carbocycles. The second-order valence-corrected chi connectivity index (χ2v) is 7.98. The Morgan fingerprint density at radius 3 is 2.59 bits per heavy atom. The van der Waals surface area contributed by atoms with Crippen molar-refractivity contribution in [1.82, 2.24) is 15.1 Å². The maximum Gasteiger partial charge on any atom is 0.0678 e. The highest BCUT2D eigenvalue weighted by Gasteiger charge is 2.36. The molecule has 0 bridgehead atoms. The van der Waals surface area contributed by atoms with E-state index in [-0.39, 0.29) is 12.4 Å². The molecule has 1 N–H and O–H groups in total. The van der Waals surface area contributed by atoms with Gasteiger partial charge in [-0.15, -0.1) is 12.4 Å². The third-order valence-electron chi connectivity index (χ3n) is 5.51. The number of ether oxygens (including phenoxy) is 1. The van der Waals surface area contributed by atoms with Crippen molar-refractivity contribution in [2.75, 3.05) is 45.8 Å². The van der Waals surface area contributed by atoms with Crippen LogP contribution in [0.15, 0.2) is 0 Å². The topological polar surface area (TPSA) is 27.7 Å². The van der Waals surface area contributed by atoms with Crippen molar-refractivity contribution in [2.45, 2.75) is 58.3 Å². The summed E-state index contributed by atoms with van der Waals surface area (Å²) in [7, 11) is 0. The molecule has 0 amide bonds. The van der Waals surface area contributed by atoms with Gasteiger partial charge in [-0.3, -0.25) is 9.80 Å². The SMILES string of the molecule is CC1CN(CC2CCCN2CC2(C)CCNC2)CC(C)O1.Cl. The summed E-state index contributed by atoms with van der Waals surface area (Å²) < 4.78 is 5.87. The quantitative estimate of drug-likeness (QED) is 0.852. The van der Waals surface area contributed by atoms with E-state index >= 15 is 0 Å². The number of nitrogens with zero attached hydrogens (tertiary/aromatic N) is 2. The molecule has 3 heterocycles. The largest absolute Gasteiger partial charge is 0.373 e. The summed E-state index contributed by atoms with van der Waals surface area (Å²) in [6, 6.07) is 0.764. The van der Waals surface area contributed by atoms with Gasteiger partial charge in [-0.05, 0) is 51.6 Å². The predicted molar refractivity (Wildman–Crippen MR) is 93.9 cm³/mol. The lowest BCUT2D eigenvalue weighted by atomic mass is 9.89. The number of rotatable bonds is 4. The zero-order valence-corrected chi connectivity index (χ0v) is 15.3. The molecule has 3 aliphatic heterocycles. The van der Waals surface area contributed by atoms with Crippen molar-refractivity contribution in [3.63, 3.8) is 0 Å². The van der Waals surface area contributed by atoms with Crippen LogP contribution < -0.4 is 5.32 Å². The molecule has 0 aromatic heterocycles. The molecule has 0 saturated carbocycles. The highest BCUT2D eigenvalue weighted by molar-refractivity contribution is 5.85. The highest BCUT2D eigenvalue weighted by atomic mass is 35.5. The maximum atomic E-state index is 5.87. The Morgan fingerprint density at radius 2 is 1.95 bits per heavy atom. The molecule has 4 unspecified atom stereocenters. The van der Waals surface area contributed by atoms with Crippen molar-refractivity contribution >= 4 is 12.4 Å². The number of hydrogen-bond acceptors (Lipinski definition) is 4. The Kier molecular flexibility index (Phi) is 6.55. The summed E-state index contributed by atoms with van der Waals surface area (Å²) in [6.07, 6.45) is 4.87. The third-order valence-corrected chi connectivity index (χ3v) is 5.51. The third kappa shape index (κ3) is 4.57. The monoisotopic (exact) mass is 331 g/mol. The predicted octanol–water partition coefficient (Wildman–Crippen LogP) is 1.98. The first-order chi connectivity index (χ1) is 10.0. The average Bonchev–Trinajstić information content (AvgIpc) is 2.99. The van der Waals surface area contributed by atoms with E-state index in [9.17, 15) is 0 Å². The first-order valence-electron chi connectivity index (χ1n) is 8.87. The number of nitrogens with one attached hydrogen (secondary N) is 1.